The predicted octanol–water partition coefficient (Wildman–Crippen LogP) is 4.63. The number of hydrogen-bond donors (Lipinski definition) is 0. The van der Waals surface area contributed by atoms with Crippen LogP contribution < -0.4 is 0 Å². The maximum absolute atomic E-state index is 13.3. The van der Waals surface area contributed by atoms with Gasteiger partial charge >= 0.3 is 6.18 Å². The average molecular weight is 377 g/mol. The molecule has 0 spiro atoms. The molecule has 1 aliphatic rings. The summed E-state index contributed by atoms with van der Waals surface area (Å²) in [6, 6.07) is 14.1. The summed E-state index contributed by atoms with van der Waals surface area (Å²) in [5, 5.41) is 0. The number of nitrogens with zero attached hydrogens (tertiary/aromatic N) is 1. The molecule has 1 heterocycles. The number of piperidine rings is 1. The average Bonchev–Trinajstić information content (AvgIpc) is 2.66. The van der Waals surface area contributed by atoms with E-state index in [0.717, 1.165) is 24.5 Å². The highest BCUT2D eigenvalue weighted by molar-refractivity contribution is 7.82. The van der Waals surface area contributed by atoms with Gasteiger partial charge in [0, 0.05) is 12.1 Å². The zero-order valence-electron chi connectivity index (χ0n) is 14.0. The first kappa shape index (κ1) is 18.7. The number of alkyl halides is 3. The summed E-state index contributed by atoms with van der Waals surface area (Å²) in [5.41, 5.74) is -0.0156. The summed E-state index contributed by atoms with van der Waals surface area (Å²) in [5.74, 6) is 6.15. The highest BCUT2D eigenvalue weighted by atomic mass is 32.2. The summed E-state index contributed by atoms with van der Waals surface area (Å²) >= 11 is 0. The van der Waals surface area contributed by atoms with E-state index < -0.39 is 22.7 Å². The fraction of sp³-hybridized carbons (Fsp3) is 0.300. The predicted molar refractivity (Wildman–Crippen MR) is 95.5 cm³/mol. The minimum absolute atomic E-state index is 0.201. The van der Waals surface area contributed by atoms with Gasteiger partial charge in [0.15, 0.2) is 0 Å². The Balaban J connectivity index is 1.89. The molecule has 136 valence electrons. The topological polar surface area (TPSA) is 20.3 Å². The molecule has 2 aromatic carbocycles. The molecule has 2 nitrogen and oxygen atoms in total. The number of hydrogen-bond acceptors (Lipinski definition) is 1. The van der Waals surface area contributed by atoms with Crippen molar-refractivity contribution in [1.82, 2.24) is 4.31 Å². The van der Waals surface area contributed by atoms with Crippen LogP contribution in [0.1, 0.15) is 30.4 Å². The second-order valence-corrected chi connectivity index (χ2v) is 7.44. The van der Waals surface area contributed by atoms with Gasteiger partial charge in [-0.3, -0.25) is 0 Å². The quantitative estimate of drug-likeness (QED) is 0.699. The van der Waals surface area contributed by atoms with E-state index in [0.29, 0.717) is 13.0 Å². The summed E-state index contributed by atoms with van der Waals surface area (Å²) < 4.78 is 54.3. The SMILES string of the molecule is O=[S@@](c1ccccc1C(F)(F)F)N1CCCC[C@H]1C#Cc1ccccc1. The Labute approximate surface area is 153 Å². The Morgan fingerprint density at radius 1 is 1.00 bits per heavy atom. The summed E-state index contributed by atoms with van der Waals surface area (Å²) in [6.45, 7) is 0.465. The lowest BCUT2D eigenvalue weighted by atomic mass is 10.1. The molecule has 2 aromatic rings. The molecular weight excluding hydrogens is 359 g/mol. The van der Waals surface area contributed by atoms with Crippen LogP contribution in [0.4, 0.5) is 13.2 Å². The van der Waals surface area contributed by atoms with Gasteiger partial charge in [-0.15, -0.1) is 0 Å². The smallest absolute Gasteiger partial charge is 0.237 e. The summed E-state index contributed by atoms with van der Waals surface area (Å²) in [7, 11) is -1.90. The molecule has 0 N–H and O–H groups in total. The zero-order chi connectivity index (χ0) is 18.6. The maximum Gasteiger partial charge on any atom is 0.417 e. The van der Waals surface area contributed by atoms with E-state index in [2.05, 4.69) is 11.8 Å². The van der Waals surface area contributed by atoms with Gasteiger partial charge in [-0.25, -0.2) is 8.51 Å². The van der Waals surface area contributed by atoms with Crippen LogP contribution in [0.2, 0.25) is 0 Å². The van der Waals surface area contributed by atoms with Gasteiger partial charge in [0.1, 0.15) is 11.0 Å². The third-order valence-electron chi connectivity index (χ3n) is 4.20. The van der Waals surface area contributed by atoms with Gasteiger partial charge < -0.3 is 0 Å². The normalized spacial score (nSPS) is 19.4. The molecule has 26 heavy (non-hydrogen) atoms. The minimum Gasteiger partial charge on any atom is -0.237 e. The van der Waals surface area contributed by atoms with E-state index in [-0.39, 0.29) is 10.9 Å². The summed E-state index contributed by atoms with van der Waals surface area (Å²) in [4.78, 5) is -0.201. The van der Waals surface area contributed by atoms with Gasteiger partial charge in [0.25, 0.3) is 0 Å². The second kappa shape index (κ2) is 8.07. The molecule has 6 heteroatoms. The van der Waals surface area contributed by atoms with Crippen molar-refractivity contribution >= 4 is 11.0 Å². The lowest BCUT2D eigenvalue weighted by Crippen LogP contribution is -2.40. The Hall–Kier alpha value is -2.10. The van der Waals surface area contributed by atoms with Crippen molar-refractivity contribution in [2.75, 3.05) is 6.54 Å². The van der Waals surface area contributed by atoms with Crippen molar-refractivity contribution in [3.8, 4) is 11.8 Å². The number of rotatable bonds is 2. The van der Waals surface area contributed by atoms with Gasteiger partial charge in [-0.2, -0.15) is 13.2 Å². The molecule has 0 amide bonds. The lowest BCUT2D eigenvalue weighted by molar-refractivity contribution is -0.139. The molecule has 0 aromatic heterocycles. The van der Waals surface area contributed by atoms with Gasteiger partial charge in [-0.05, 0) is 43.5 Å². The zero-order valence-corrected chi connectivity index (χ0v) is 14.8. The third kappa shape index (κ3) is 4.35. The van der Waals surface area contributed by atoms with Crippen molar-refractivity contribution in [3.63, 3.8) is 0 Å². The van der Waals surface area contributed by atoms with Gasteiger partial charge in [-0.1, -0.05) is 42.2 Å². The molecule has 0 aliphatic carbocycles. The van der Waals surface area contributed by atoms with E-state index in [1.165, 1.54) is 18.2 Å². The largest absolute Gasteiger partial charge is 0.417 e. The summed E-state index contributed by atoms with van der Waals surface area (Å²) in [6.07, 6.45) is -2.13. The highest BCUT2D eigenvalue weighted by Gasteiger charge is 2.37. The first-order chi connectivity index (χ1) is 12.5. The van der Waals surface area contributed by atoms with Crippen molar-refractivity contribution in [2.24, 2.45) is 0 Å². The molecule has 0 radical (unpaired) electrons. The van der Waals surface area contributed by atoms with E-state index in [4.69, 9.17) is 0 Å². The van der Waals surface area contributed by atoms with Crippen LogP contribution in [0, 0.1) is 11.8 Å². The number of benzene rings is 2. The molecule has 0 bridgehead atoms. The molecule has 1 saturated heterocycles. The van der Waals surface area contributed by atoms with Gasteiger partial charge in [0.2, 0.25) is 0 Å². The fourth-order valence-corrected chi connectivity index (χ4v) is 4.42. The van der Waals surface area contributed by atoms with Crippen LogP contribution in [0.25, 0.3) is 0 Å². The van der Waals surface area contributed by atoms with E-state index in [1.807, 2.05) is 30.3 Å². The molecule has 0 unspecified atom stereocenters. The first-order valence-corrected chi connectivity index (χ1v) is 9.49. The fourth-order valence-electron chi connectivity index (χ4n) is 2.92. The minimum atomic E-state index is -4.53. The van der Waals surface area contributed by atoms with Crippen LogP contribution in [-0.2, 0) is 17.2 Å². The van der Waals surface area contributed by atoms with Crippen LogP contribution in [-0.4, -0.2) is 21.1 Å². The third-order valence-corrected chi connectivity index (χ3v) is 5.80. The van der Waals surface area contributed by atoms with Crippen LogP contribution >= 0.6 is 0 Å². The highest BCUT2D eigenvalue weighted by Crippen LogP contribution is 2.35. The Morgan fingerprint density at radius 3 is 2.42 bits per heavy atom. The van der Waals surface area contributed by atoms with E-state index in [1.54, 1.807) is 4.31 Å². The monoisotopic (exact) mass is 377 g/mol. The molecule has 1 fully saturated rings. The number of halogens is 3. The van der Waals surface area contributed by atoms with Crippen molar-refractivity contribution in [2.45, 2.75) is 36.4 Å². The van der Waals surface area contributed by atoms with Crippen molar-refractivity contribution < 1.29 is 17.4 Å². The molecule has 3 rings (SSSR count). The maximum atomic E-state index is 13.3. The first-order valence-electron chi connectivity index (χ1n) is 8.38. The van der Waals surface area contributed by atoms with Crippen molar-refractivity contribution in [3.05, 3.63) is 65.7 Å². The van der Waals surface area contributed by atoms with E-state index >= 15 is 0 Å². The lowest BCUT2D eigenvalue weighted by Gasteiger charge is -2.31. The molecule has 0 saturated carbocycles. The Kier molecular flexibility index (Phi) is 5.80. The van der Waals surface area contributed by atoms with Crippen molar-refractivity contribution in [1.29, 1.82) is 0 Å². The van der Waals surface area contributed by atoms with Crippen LogP contribution in [0.3, 0.4) is 0 Å². The van der Waals surface area contributed by atoms with Gasteiger partial charge in [0.05, 0.1) is 16.5 Å². The van der Waals surface area contributed by atoms with E-state index in [9.17, 15) is 17.4 Å². The van der Waals surface area contributed by atoms with Crippen LogP contribution in [0.5, 0.6) is 0 Å². The molecule has 1 aliphatic heterocycles. The standard InChI is InChI=1S/C20H18F3NOS/c21-20(22,23)18-11-4-5-12-19(18)26(25)24-15-7-6-10-17(24)14-13-16-8-2-1-3-9-16/h1-5,8-9,11-12,17H,6-7,10,15H2/t17-,26-/m0/s1. The molecular formula is C20H18F3NOS. The second-order valence-electron chi connectivity index (χ2n) is 6.03. The van der Waals surface area contributed by atoms with Crippen LogP contribution in [0.15, 0.2) is 59.5 Å². The Bertz CT molecular complexity index is 839. The Morgan fingerprint density at radius 2 is 1.69 bits per heavy atom. The molecule has 2 atom stereocenters.